The van der Waals surface area contributed by atoms with E-state index in [9.17, 15) is 19.5 Å². The van der Waals surface area contributed by atoms with E-state index in [0.29, 0.717) is 54.8 Å². The van der Waals surface area contributed by atoms with Gasteiger partial charge in [0.2, 0.25) is 5.91 Å². The number of carboxylic acid groups (broad SMARTS) is 2. The molecule has 5 aliphatic carbocycles. The number of nitrogens with zero attached hydrogens (tertiary/aromatic N) is 1. The van der Waals surface area contributed by atoms with Crippen LogP contribution in [0.25, 0.3) is 5.57 Å². The minimum absolute atomic E-state index is 0.00214. The largest absolute Gasteiger partial charge is 0.481 e. The van der Waals surface area contributed by atoms with E-state index >= 15 is 0 Å². The van der Waals surface area contributed by atoms with Gasteiger partial charge in [0.15, 0.2) is 0 Å². The maximum absolute atomic E-state index is 14.0. The van der Waals surface area contributed by atoms with Gasteiger partial charge in [0.05, 0.1) is 17.4 Å². The minimum Gasteiger partial charge on any atom is -0.481 e. The number of amides is 1. The van der Waals surface area contributed by atoms with Gasteiger partial charge in [-0.2, -0.15) is 0 Å². The first kappa shape index (κ1) is 51.8. The Hall–Kier alpha value is -4.25. The second-order valence-electron chi connectivity index (χ2n) is 17.4. The molecule has 1 aromatic carbocycles. The van der Waals surface area contributed by atoms with Crippen molar-refractivity contribution in [2.75, 3.05) is 26.2 Å². The molecule has 0 radical (unpaired) electrons. The van der Waals surface area contributed by atoms with Crippen molar-refractivity contribution in [2.24, 2.45) is 51.2 Å². The second-order valence-corrected chi connectivity index (χ2v) is 17.4. The minimum atomic E-state index is -0.880. The van der Waals surface area contributed by atoms with Crippen molar-refractivity contribution >= 4 is 23.4 Å². The van der Waals surface area contributed by atoms with E-state index in [0.717, 1.165) is 44.2 Å². The standard InChI is InChI=1S/C40H58N2O5.C3H6.C2H6.3C2H2/c1-6-42(24-18-34(43)44)25-23-41-36(47)40-19-7-8-31(40)28-13-14-33-38(4,30(28)16-22-40)21-17-32-37(2,3)29(15-20-39(32,33)5)26-9-11-27(12-10-26)35(45)46;1-3-2;4*1-2/h9-12,15,28,30-33H,6-8,13-14,16-25H2,1-5H3,(H,41,47)(H,43,44)(H,45,46);3H,1H2,2H3;1-2H3;3*1-2H/t28-,30?,31?,32?,33?,38-,39-,40-;;;;;/m0...../s1. The molecule has 0 aromatic heterocycles. The molecular formula is C51H76N2O5. The van der Waals surface area contributed by atoms with Crippen LogP contribution in [-0.2, 0) is 9.59 Å². The number of aromatic carboxylic acids is 1. The van der Waals surface area contributed by atoms with Gasteiger partial charge < -0.3 is 20.4 Å². The Bertz CT molecular complexity index is 1570. The zero-order valence-electron chi connectivity index (χ0n) is 37.2. The fourth-order valence-electron chi connectivity index (χ4n) is 12.7. The number of aliphatic carboxylic acids is 1. The third kappa shape index (κ3) is 10.5. The summed E-state index contributed by atoms with van der Waals surface area (Å²) in [5.41, 5.74) is 3.15. The van der Waals surface area contributed by atoms with E-state index in [1.165, 1.54) is 37.7 Å². The van der Waals surface area contributed by atoms with Crippen LogP contribution in [0.15, 0.2) is 43.0 Å². The van der Waals surface area contributed by atoms with Crippen molar-refractivity contribution in [2.45, 2.75) is 126 Å². The van der Waals surface area contributed by atoms with Crippen molar-refractivity contribution < 1.29 is 24.6 Å². The molecule has 58 heavy (non-hydrogen) atoms. The van der Waals surface area contributed by atoms with Gasteiger partial charge in [-0.05, 0) is 140 Å². The van der Waals surface area contributed by atoms with Crippen molar-refractivity contribution in [1.29, 1.82) is 0 Å². The second kappa shape index (κ2) is 23.4. The molecule has 4 unspecified atom stereocenters. The van der Waals surface area contributed by atoms with Crippen LogP contribution < -0.4 is 5.32 Å². The third-order valence-electron chi connectivity index (χ3n) is 14.8. The van der Waals surface area contributed by atoms with Crippen molar-refractivity contribution in [3.8, 4) is 38.5 Å². The third-order valence-corrected chi connectivity index (χ3v) is 14.8. The first-order valence-electron chi connectivity index (χ1n) is 21.5. The van der Waals surface area contributed by atoms with Crippen LogP contribution in [0.1, 0.15) is 142 Å². The van der Waals surface area contributed by atoms with Gasteiger partial charge in [-0.15, -0.1) is 45.1 Å². The molecule has 3 N–H and O–H groups in total. The van der Waals surface area contributed by atoms with Gasteiger partial charge in [0.1, 0.15) is 0 Å². The summed E-state index contributed by atoms with van der Waals surface area (Å²) in [6.07, 6.45) is 39.9. The molecule has 0 saturated heterocycles. The molecule has 0 bridgehead atoms. The lowest BCUT2D eigenvalue weighted by molar-refractivity contribution is -0.181. The summed E-state index contributed by atoms with van der Waals surface area (Å²) in [4.78, 5) is 38.7. The highest BCUT2D eigenvalue weighted by Gasteiger charge is 2.66. The summed E-state index contributed by atoms with van der Waals surface area (Å²) in [6.45, 7) is 24.0. The number of carbonyl (C=O) groups is 3. The molecule has 1 aromatic rings. The Morgan fingerprint density at radius 1 is 0.828 bits per heavy atom. The van der Waals surface area contributed by atoms with Gasteiger partial charge >= 0.3 is 11.9 Å². The number of terminal acetylenes is 3. The maximum atomic E-state index is 14.0. The average Bonchev–Trinajstić information content (AvgIpc) is 3.68. The summed E-state index contributed by atoms with van der Waals surface area (Å²) >= 11 is 0. The zero-order chi connectivity index (χ0) is 44.5. The number of rotatable bonds is 10. The fourth-order valence-corrected chi connectivity index (χ4v) is 12.7. The van der Waals surface area contributed by atoms with E-state index in [1.807, 2.05) is 39.8 Å². The molecule has 4 fully saturated rings. The number of allylic oxidation sites excluding steroid dienone is 3. The Morgan fingerprint density at radius 3 is 1.98 bits per heavy atom. The number of fused-ring (bicyclic) bond motifs is 7. The van der Waals surface area contributed by atoms with Crippen molar-refractivity contribution in [3.63, 3.8) is 0 Å². The lowest BCUT2D eigenvalue weighted by atomic mass is 9.36. The average molecular weight is 797 g/mol. The molecule has 1 amide bonds. The number of likely N-dealkylation sites (N-methyl/N-ethyl adjacent to an activating group) is 1. The molecule has 7 heteroatoms. The highest BCUT2D eigenvalue weighted by Crippen LogP contribution is 2.73. The Kier molecular flexibility index (Phi) is 20.9. The molecule has 0 aliphatic heterocycles. The SMILES string of the molecule is C#C.C#C.C#C.C=CC.CC.CCN(CCNC(=O)[C@]12CCCC1[C@H]1CCC3[C@@](C)(CCC4C(C)(C)C(c5ccc(C(=O)O)cc5)=CC[C@@]43C)C1CC2)CCC(=O)O. The molecule has 0 heterocycles. The van der Waals surface area contributed by atoms with E-state index < -0.39 is 11.9 Å². The van der Waals surface area contributed by atoms with E-state index in [-0.39, 0.29) is 34.0 Å². The fraction of sp³-hybridized carbons (Fsp3) is 0.627. The lowest BCUT2D eigenvalue weighted by Gasteiger charge is -2.68. The van der Waals surface area contributed by atoms with Crippen LogP contribution in [0, 0.1) is 89.8 Å². The molecule has 7 nitrogen and oxygen atoms in total. The molecule has 0 spiro atoms. The Balaban J connectivity index is 0.00000140. The quantitative estimate of drug-likeness (QED) is 0.161. The van der Waals surface area contributed by atoms with Gasteiger partial charge in [0, 0.05) is 19.6 Å². The lowest BCUT2D eigenvalue weighted by Crippen LogP contribution is -2.62. The van der Waals surface area contributed by atoms with Crippen LogP contribution in [0.5, 0.6) is 0 Å². The first-order chi connectivity index (χ1) is 27.7. The van der Waals surface area contributed by atoms with Crippen LogP contribution in [-0.4, -0.2) is 59.1 Å². The smallest absolute Gasteiger partial charge is 0.335 e. The first-order valence-corrected chi connectivity index (χ1v) is 21.5. The summed E-state index contributed by atoms with van der Waals surface area (Å²) in [5, 5.41) is 21.9. The van der Waals surface area contributed by atoms with Crippen molar-refractivity contribution in [3.05, 3.63) is 54.1 Å². The number of hydrogen-bond donors (Lipinski definition) is 3. The summed E-state index contributed by atoms with van der Waals surface area (Å²) in [5.74, 6) is 1.61. The highest BCUT2D eigenvalue weighted by atomic mass is 16.4. The summed E-state index contributed by atoms with van der Waals surface area (Å²) < 4.78 is 0. The van der Waals surface area contributed by atoms with Gasteiger partial charge in [-0.3, -0.25) is 9.59 Å². The normalized spacial score (nSPS) is 30.5. The highest BCUT2D eigenvalue weighted by molar-refractivity contribution is 5.88. The van der Waals surface area contributed by atoms with E-state index in [4.69, 9.17) is 5.11 Å². The van der Waals surface area contributed by atoms with Gasteiger partial charge in [0.25, 0.3) is 0 Å². The summed E-state index contributed by atoms with van der Waals surface area (Å²) in [7, 11) is 0. The van der Waals surface area contributed by atoms with E-state index in [1.54, 1.807) is 18.2 Å². The monoisotopic (exact) mass is 797 g/mol. The van der Waals surface area contributed by atoms with Gasteiger partial charge in [-0.1, -0.05) is 79.2 Å². The number of carboxylic acids is 2. The molecule has 320 valence electrons. The topological polar surface area (TPSA) is 107 Å². The number of carbonyl (C=O) groups excluding carboxylic acids is 1. The number of nitrogens with one attached hydrogen (secondary N) is 1. The number of benzene rings is 1. The number of hydrogen-bond acceptors (Lipinski definition) is 4. The molecule has 5 aliphatic rings. The van der Waals surface area contributed by atoms with E-state index in [2.05, 4.69) is 89.1 Å². The van der Waals surface area contributed by atoms with Gasteiger partial charge in [-0.25, -0.2) is 4.79 Å². The molecule has 8 atom stereocenters. The van der Waals surface area contributed by atoms with Crippen LogP contribution in [0.4, 0.5) is 0 Å². The molecular weight excluding hydrogens is 721 g/mol. The predicted molar refractivity (Wildman–Crippen MR) is 242 cm³/mol. The summed E-state index contributed by atoms with van der Waals surface area (Å²) in [6, 6.07) is 7.50. The predicted octanol–water partition coefficient (Wildman–Crippen LogP) is 10.7. The zero-order valence-corrected chi connectivity index (χ0v) is 37.2. The molecule has 6 rings (SSSR count). The van der Waals surface area contributed by atoms with Crippen molar-refractivity contribution in [1.82, 2.24) is 10.2 Å². The van der Waals surface area contributed by atoms with Crippen LogP contribution >= 0.6 is 0 Å². The van der Waals surface area contributed by atoms with Crippen LogP contribution in [0.2, 0.25) is 0 Å². The maximum Gasteiger partial charge on any atom is 0.335 e. The molecule has 4 saturated carbocycles. The Labute approximate surface area is 353 Å². The van der Waals surface area contributed by atoms with Crippen LogP contribution in [0.3, 0.4) is 0 Å². The Morgan fingerprint density at radius 2 is 1.43 bits per heavy atom.